The Morgan fingerprint density at radius 3 is 2.64 bits per heavy atom. The zero-order chi connectivity index (χ0) is 22.8. The van der Waals surface area contributed by atoms with Gasteiger partial charge in [0.2, 0.25) is 0 Å². The molecule has 4 aliphatic carbocycles. The first-order chi connectivity index (χ1) is 15.9. The molecule has 178 valence electrons. The van der Waals surface area contributed by atoms with Gasteiger partial charge in [-0.25, -0.2) is 4.79 Å². The van der Waals surface area contributed by atoms with Crippen LogP contribution in [0.3, 0.4) is 0 Å². The van der Waals surface area contributed by atoms with E-state index in [2.05, 4.69) is 43.0 Å². The molecule has 0 N–H and O–H groups in total. The van der Waals surface area contributed by atoms with Crippen molar-refractivity contribution in [2.45, 2.75) is 58.8 Å². The number of rotatable bonds is 2. The normalized spacial score (nSPS) is 42.2. The fraction of sp³-hybridized carbons (Fsp3) is 0.714. The zero-order valence-electron chi connectivity index (χ0n) is 20.6. The third-order valence-corrected chi connectivity index (χ3v) is 10.3. The van der Waals surface area contributed by atoms with Gasteiger partial charge in [0.25, 0.3) is 0 Å². The summed E-state index contributed by atoms with van der Waals surface area (Å²) in [4.78, 5) is 14.1. The van der Waals surface area contributed by atoms with E-state index in [-0.39, 0.29) is 11.4 Å². The van der Waals surface area contributed by atoms with Crippen LogP contribution in [0.15, 0.2) is 40.0 Å². The Balaban J connectivity index is 1.18. The van der Waals surface area contributed by atoms with Crippen LogP contribution in [0.5, 0.6) is 0 Å². The monoisotopic (exact) mass is 449 g/mol. The molecule has 0 amide bonds. The molecule has 33 heavy (non-hydrogen) atoms. The number of hydrazone groups is 1. The molecule has 0 radical (unpaired) electrons. The molecule has 0 bridgehead atoms. The molecule has 5 atom stereocenters. The Morgan fingerprint density at radius 1 is 1.06 bits per heavy atom. The van der Waals surface area contributed by atoms with E-state index < -0.39 is 0 Å². The lowest BCUT2D eigenvalue weighted by Gasteiger charge is -2.59. The third kappa shape index (κ3) is 3.45. The summed E-state index contributed by atoms with van der Waals surface area (Å²) in [5, 5.41) is 7.47. The zero-order valence-corrected chi connectivity index (χ0v) is 20.6. The van der Waals surface area contributed by atoms with Crippen molar-refractivity contribution >= 4 is 11.7 Å². The molecule has 5 nitrogen and oxygen atoms in total. The summed E-state index contributed by atoms with van der Waals surface area (Å²) in [7, 11) is 2.21. The number of fused-ring (bicyclic) bond motifs is 5. The minimum Gasteiger partial charge on any atom is -0.458 e. The van der Waals surface area contributed by atoms with Crippen molar-refractivity contribution in [2.24, 2.45) is 33.7 Å². The van der Waals surface area contributed by atoms with Crippen LogP contribution in [-0.4, -0.2) is 61.4 Å². The summed E-state index contributed by atoms with van der Waals surface area (Å²) in [5.41, 5.74) is 6.08. The molecule has 3 saturated carbocycles. The number of carbonyl (C=O) groups is 1. The van der Waals surface area contributed by atoms with Crippen LogP contribution < -0.4 is 0 Å². The molecule has 0 unspecified atom stereocenters. The number of carbonyl (C=O) groups excluding carboxylic acids is 1. The van der Waals surface area contributed by atoms with Crippen LogP contribution in [0.1, 0.15) is 58.8 Å². The van der Waals surface area contributed by atoms with Gasteiger partial charge in [0.15, 0.2) is 0 Å². The van der Waals surface area contributed by atoms with Gasteiger partial charge in [-0.3, -0.25) is 5.01 Å². The second-order valence-electron chi connectivity index (χ2n) is 12.0. The van der Waals surface area contributed by atoms with E-state index in [0.717, 1.165) is 43.6 Å². The molecule has 2 aliphatic heterocycles. The number of piperazine rings is 1. The SMILES string of the molecule is CN1CCN(N=C2CC[C@@]3(C)[C@H](CC[C@@H]4C5=CC=C(C6=CC(=O)OC6)[C@@]5(C)CC[C@@H]43)C2)CC1. The summed E-state index contributed by atoms with van der Waals surface area (Å²) in [5.74, 6) is 2.07. The Labute approximate surface area is 198 Å². The van der Waals surface area contributed by atoms with Gasteiger partial charge in [0, 0.05) is 49.0 Å². The molecule has 0 aromatic rings. The molecule has 0 spiro atoms. The highest BCUT2D eigenvalue weighted by molar-refractivity contribution is 5.87. The Morgan fingerprint density at radius 2 is 1.88 bits per heavy atom. The number of ether oxygens (including phenoxy) is 1. The molecule has 6 aliphatic rings. The van der Waals surface area contributed by atoms with E-state index in [1.54, 1.807) is 11.6 Å². The lowest BCUT2D eigenvalue weighted by atomic mass is 9.46. The molecule has 6 rings (SSSR count). The Kier molecular flexibility index (Phi) is 5.13. The van der Waals surface area contributed by atoms with Crippen LogP contribution in [0.4, 0.5) is 0 Å². The number of cyclic esters (lactones) is 1. The minimum absolute atomic E-state index is 0.0902. The van der Waals surface area contributed by atoms with Gasteiger partial charge in [-0.05, 0) is 80.7 Å². The van der Waals surface area contributed by atoms with Crippen molar-refractivity contribution in [2.75, 3.05) is 39.8 Å². The average molecular weight is 450 g/mol. The highest BCUT2D eigenvalue weighted by Crippen LogP contribution is 2.65. The fourth-order valence-electron chi connectivity index (χ4n) is 8.23. The largest absolute Gasteiger partial charge is 0.458 e. The fourth-order valence-corrected chi connectivity index (χ4v) is 8.23. The van der Waals surface area contributed by atoms with Crippen molar-refractivity contribution in [3.8, 4) is 0 Å². The van der Waals surface area contributed by atoms with Gasteiger partial charge in [-0.2, -0.15) is 5.10 Å². The topological polar surface area (TPSA) is 45.1 Å². The molecule has 4 fully saturated rings. The van der Waals surface area contributed by atoms with Gasteiger partial charge >= 0.3 is 5.97 Å². The van der Waals surface area contributed by atoms with Gasteiger partial charge in [-0.1, -0.05) is 31.6 Å². The lowest BCUT2D eigenvalue weighted by Crippen LogP contribution is -2.51. The number of nitrogens with zero attached hydrogens (tertiary/aromatic N) is 3. The van der Waals surface area contributed by atoms with Crippen LogP contribution in [-0.2, 0) is 9.53 Å². The van der Waals surface area contributed by atoms with E-state index in [1.807, 2.05) is 0 Å². The number of hydrogen-bond acceptors (Lipinski definition) is 5. The van der Waals surface area contributed by atoms with E-state index in [0.29, 0.717) is 17.9 Å². The second-order valence-corrected chi connectivity index (χ2v) is 12.0. The van der Waals surface area contributed by atoms with Crippen LogP contribution in [0.25, 0.3) is 0 Å². The van der Waals surface area contributed by atoms with Crippen molar-refractivity contribution in [1.82, 2.24) is 9.91 Å². The maximum atomic E-state index is 11.7. The highest BCUT2D eigenvalue weighted by Gasteiger charge is 2.56. The molecule has 5 heteroatoms. The number of esters is 1. The summed E-state index contributed by atoms with van der Waals surface area (Å²) in [6.45, 7) is 9.88. The number of likely N-dealkylation sites (N-methyl/N-ethyl adjacent to an activating group) is 1. The first kappa shape index (κ1) is 21.6. The molecule has 2 heterocycles. The van der Waals surface area contributed by atoms with Crippen molar-refractivity contribution in [3.63, 3.8) is 0 Å². The average Bonchev–Trinajstić information content (AvgIpc) is 3.38. The summed E-state index contributed by atoms with van der Waals surface area (Å²) in [6.07, 6.45) is 15.3. The van der Waals surface area contributed by atoms with Crippen molar-refractivity contribution < 1.29 is 9.53 Å². The minimum atomic E-state index is -0.180. The van der Waals surface area contributed by atoms with E-state index in [1.165, 1.54) is 56.2 Å². The maximum Gasteiger partial charge on any atom is 0.331 e. The molecule has 0 aromatic heterocycles. The van der Waals surface area contributed by atoms with Gasteiger partial charge < -0.3 is 9.64 Å². The summed E-state index contributed by atoms with van der Waals surface area (Å²) >= 11 is 0. The van der Waals surface area contributed by atoms with E-state index in [9.17, 15) is 4.79 Å². The van der Waals surface area contributed by atoms with Crippen molar-refractivity contribution in [3.05, 3.63) is 34.9 Å². The summed E-state index contributed by atoms with van der Waals surface area (Å²) in [6, 6.07) is 0. The molecule has 1 saturated heterocycles. The molecule has 0 aromatic carbocycles. The van der Waals surface area contributed by atoms with Crippen molar-refractivity contribution in [1.29, 1.82) is 0 Å². The van der Waals surface area contributed by atoms with Crippen LogP contribution in [0.2, 0.25) is 0 Å². The van der Waals surface area contributed by atoms with Gasteiger partial charge in [0.05, 0.1) is 0 Å². The smallest absolute Gasteiger partial charge is 0.331 e. The first-order valence-electron chi connectivity index (χ1n) is 13.2. The van der Waals surface area contributed by atoms with Crippen LogP contribution in [0, 0.1) is 28.6 Å². The van der Waals surface area contributed by atoms with E-state index in [4.69, 9.17) is 9.84 Å². The van der Waals surface area contributed by atoms with E-state index >= 15 is 0 Å². The Hall–Kier alpha value is -1.88. The Bertz CT molecular complexity index is 970. The highest BCUT2D eigenvalue weighted by atomic mass is 16.5. The standard InChI is InChI=1S/C28H39N3O2/c1-27-10-8-21(29-31-14-12-30(3)13-15-31)17-20(27)4-5-22-24-7-6-23(19-16-26(32)33-18-19)28(24,2)11-9-25(22)27/h6-7,16,20,22,25H,4-5,8-15,17-18H2,1-3H3/t20-,22-,25+,27+,28-/m1/s1. The van der Waals surface area contributed by atoms with Crippen LogP contribution >= 0.6 is 0 Å². The third-order valence-electron chi connectivity index (χ3n) is 10.3. The number of allylic oxidation sites excluding steroid dienone is 3. The second kappa shape index (κ2) is 7.83. The molecular weight excluding hydrogens is 410 g/mol. The first-order valence-corrected chi connectivity index (χ1v) is 13.2. The van der Waals surface area contributed by atoms with Gasteiger partial charge in [-0.15, -0.1) is 0 Å². The quantitative estimate of drug-likeness (QED) is 0.579. The number of hydrogen-bond donors (Lipinski definition) is 0. The van der Waals surface area contributed by atoms with Gasteiger partial charge in [0.1, 0.15) is 6.61 Å². The summed E-state index contributed by atoms with van der Waals surface area (Å²) < 4.78 is 5.25. The molecular formula is C28H39N3O2. The maximum absolute atomic E-state index is 11.7. The lowest BCUT2D eigenvalue weighted by molar-refractivity contribution is -0.134. The predicted molar refractivity (Wildman–Crippen MR) is 131 cm³/mol. The predicted octanol–water partition coefficient (Wildman–Crippen LogP) is 4.57.